The van der Waals surface area contributed by atoms with Crippen LogP contribution in [0.2, 0.25) is 0 Å². The van der Waals surface area contributed by atoms with Gasteiger partial charge in [0.1, 0.15) is 0 Å². The molecule has 2 atom stereocenters. The Morgan fingerprint density at radius 1 is 0.860 bits per heavy atom. The molecule has 43 heavy (non-hydrogen) atoms. The van der Waals surface area contributed by atoms with Crippen molar-refractivity contribution >= 4 is 21.7 Å². The summed E-state index contributed by atoms with van der Waals surface area (Å²) in [6.45, 7) is 7.38. The van der Waals surface area contributed by atoms with E-state index >= 15 is 0 Å². The minimum absolute atomic E-state index is 0.113. The molecule has 3 aliphatic rings. The van der Waals surface area contributed by atoms with Gasteiger partial charge in [-0.25, -0.2) is 8.42 Å². The van der Waals surface area contributed by atoms with Crippen LogP contribution in [0.4, 0.5) is 0 Å². The second-order valence-electron chi connectivity index (χ2n) is 12.8. The van der Waals surface area contributed by atoms with Crippen molar-refractivity contribution in [3.05, 3.63) is 101 Å². The molecule has 0 aliphatic carbocycles. The minimum Gasteiger partial charge on any atom is -0.338 e. The predicted molar refractivity (Wildman–Crippen MR) is 167 cm³/mol. The number of benzene rings is 3. The van der Waals surface area contributed by atoms with Crippen LogP contribution in [-0.2, 0) is 21.2 Å². The predicted octanol–water partition coefficient (Wildman–Crippen LogP) is 4.77. The summed E-state index contributed by atoms with van der Waals surface area (Å²) in [5.41, 5.74) is 3.73. The summed E-state index contributed by atoms with van der Waals surface area (Å²) in [5.74, 6) is 0.956. The number of likely N-dealkylation sites (tertiary alicyclic amines) is 3. The Bertz CT molecular complexity index is 1580. The molecule has 226 valence electrons. The first kappa shape index (κ1) is 29.6. The van der Waals surface area contributed by atoms with E-state index in [9.17, 15) is 18.0 Å². The topological polar surface area (TPSA) is 78.0 Å². The molecule has 3 aromatic carbocycles. The maximum absolute atomic E-state index is 13.6. The van der Waals surface area contributed by atoms with Crippen LogP contribution in [0.15, 0.2) is 83.8 Å². The standard InChI is InChI=1S/C35H41N3O4S/c1-26-8-6-7-11-31(26)33(39)38-24-29(32(25-38)28-9-4-3-5-10-28)23-36-19-16-35(17-20-36)18-21-37(34(35)40)22-27-12-14-30(15-13-27)43(2,41)42/h3-15,29,32H,16-25H2,1-2H3/t29-,32+/m0/s1. The summed E-state index contributed by atoms with van der Waals surface area (Å²) >= 11 is 0. The quantitative estimate of drug-likeness (QED) is 0.391. The third kappa shape index (κ3) is 6.13. The van der Waals surface area contributed by atoms with Crippen molar-refractivity contribution in [3.63, 3.8) is 0 Å². The first-order valence-corrected chi connectivity index (χ1v) is 17.2. The third-order valence-electron chi connectivity index (χ3n) is 9.96. The molecule has 0 unspecified atom stereocenters. The zero-order valence-corrected chi connectivity index (χ0v) is 25.9. The van der Waals surface area contributed by atoms with Gasteiger partial charge in [0.05, 0.1) is 10.3 Å². The van der Waals surface area contributed by atoms with Crippen LogP contribution >= 0.6 is 0 Å². The number of piperidine rings is 1. The van der Waals surface area contributed by atoms with Crippen LogP contribution in [0.1, 0.15) is 52.2 Å². The minimum atomic E-state index is -3.24. The molecule has 0 N–H and O–H groups in total. The smallest absolute Gasteiger partial charge is 0.254 e. The molecule has 3 fully saturated rings. The first-order valence-electron chi connectivity index (χ1n) is 15.3. The molecule has 0 radical (unpaired) electrons. The van der Waals surface area contributed by atoms with Crippen LogP contribution in [0.3, 0.4) is 0 Å². The number of carbonyl (C=O) groups is 2. The summed E-state index contributed by atoms with van der Waals surface area (Å²) in [7, 11) is -3.24. The summed E-state index contributed by atoms with van der Waals surface area (Å²) in [6.07, 6.45) is 3.78. The molecule has 2 amide bonds. The first-order chi connectivity index (χ1) is 20.6. The second-order valence-corrected chi connectivity index (χ2v) is 14.8. The Morgan fingerprint density at radius 2 is 1.51 bits per heavy atom. The molecule has 0 bridgehead atoms. The number of hydrogen-bond donors (Lipinski definition) is 0. The number of sulfone groups is 1. The average Bonchev–Trinajstić information content (AvgIpc) is 3.56. The fourth-order valence-corrected chi connectivity index (χ4v) is 7.98. The van der Waals surface area contributed by atoms with Gasteiger partial charge in [-0.05, 0) is 80.1 Å². The lowest BCUT2D eigenvalue weighted by molar-refractivity contribution is -0.139. The van der Waals surface area contributed by atoms with Gasteiger partial charge in [0, 0.05) is 50.5 Å². The van der Waals surface area contributed by atoms with E-state index in [4.69, 9.17) is 0 Å². The Hall–Kier alpha value is -3.49. The Morgan fingerprint density at radius 3 is 2.19 bits per heavy atom. The zero-order valence-electron chi connectivity index (χ0n) is 25.1. The van der Waals surface area contributed by atoms with Crippen molar-refractivity contribution in [3.8, 4) is 0 Å². The van der Waals surface area contributed by atoms with Gasteiger partial charge in [-0.2, -0.15) is 0 Å². The van der Waals surface area contributed by atoms with Gasteiger partial charge in [-0.15, -0.1) is 0 Å². The highest BCUT2D eigenvalue weighted by Gasteiger charge is 2.48. The van der Waals surface area contributed by atoms with Gasteiger partial charge in [0.2, 0.25) is 5.91 Å². The highest BCUT2D eigenvalue weighted by molar-refractivity contribution is 7.90. The molecule has 6 rings (SSSR count). The van der Waals surface area contributed by atoms with Gasteiger partial charge in [-0.1, -0.05) is 60.7 Å². The highest BCUT2D eigenvalue weighted by Crippen LogP contribution is 2.43. The van der Waals surface area contributed by atoms with Crippen LogP contribution in [0.25, 0.3) is 0 Å². The number of rotatable bonds is 7. The lowest BCUT2D eigenvalue weighted by atomic mass is 9.76. The highest BCUT2D eigenvalue weighted by atomic mass is 32.2. The maximum atomic E-state index is 13.6. The second kappa shape index (κ2) is 11.9. The lowest BCUT2D eigenvalue weighted by Crippen LogP contribution is -2.46. The van der Waals surface area contributed by atoms with Crippen molar-refractivity contribution in [2.75, 3.05) is 45.5 Å². The van der Waals surface area contributed by atoms with E-state index in [1.54, 1.807) is 12.1 Å². The Labute approximate surface area is 255 Å². The molecule has 3 aromatic rings. The van der Waals surface area contributed by atoms with Crippen molar-refractivity contribution in [2.45, 2.75) is 43.5 Å². The molecule has 3 heterocycles. The number of hydrogen-bond acceptors (Lipinski definition) is 5. The van der Waals surface area contributed by atoms with E-state index in [0.717, 1.165) is 75.2 Å². The van der Waals surface area contributed by atoms with E-state index in [0.29, 0.717) is 17.4 Å². The molecular weight excluding hydrogens is 558 g/mol. The monoisotopic (exact) mass is 599 g/mol. The van der Waals surface area contributed by atoms with Crippen LogP contribution in [0.5, 0.6) is 0 Å². The molecule has 0 saturated carbocycles. The largest absolute Gasteiger partial charge is 0.338 e. The van der Waals surface area contributed by atoms with E-state index in [1.807, 2.05) is 59.2 Å². The number of nitrogens with zero attached hydrogens (tertiary/aromatic N) is 3. The van der Waals surface area contributed by atoms with E-state index in [1.165, 1.54) is 11.8 Å². The zero-order chi connectivity index (χ0) is 30.2. The van der Waals surface area contributed by atoms with Gasteiger partial charge in [0.25, 0.3) is 5.91 Å². The summed E-state index contributed by atoms with van der Waals surface area (Å²) < 4.78 is 23.6. The summed E-state index contributed by atoms with van der Waals surface area (Å²) in [5, 5.41) is 0. The van der Waals surface area contributed by atoms with Crippen molar-refractivity contribution in [1.29, 1.82) is 0 Å². The van der Waals surface area contributed by atoms with Gasteiger partial charge < -0.3 is 14.7 Å². The molecular formula is C35H41N3O4S. The lowest BCUT2D eigenvalue weighted by Gasteiger charge is -2.39. The van der Waals surface area contributed by atoms with E-state index in [2.05, 4.69) is 29.2 Å². The SMILES string of the molecule is Cc1ccccc1C(=O)N1C[C@H](CN2CCC3(CC2)CCN(Cc2ccc(S(C)(=O)=O)cc2)C3=O)[C@@H](c2ccccc2)C1. The van der Waals surface area contributed by atoms with Gasteiger partial charge >= 0.3 is 0 Å². The maximum Gasteiger partial charge on any atom is 0.254 e. The fourth-order valence-electron chi connectivity index (χ4n) is 7.35. The van der Waals surface area contributed by atoms with Crippen LogP contribution in [-0.4, -0.2) is 80.5 Å². The third-order valence-corrected chi connectivity index (χ3v) is 11.1. The van der Waals surface area contributed by atoms with Crippen molar-refractivity contribution in [1.82, 2.24) is 14.7 Å². The van der Waals surface area contributed by atoms with E-state index in [-0.39, 0.29) is 23.1 Å². The Kier molecular flexibility index (Phi) is 8.18. The molecule has 1 spiro atoms. The normalized spacial score (nSPS) is 22.4. The number of aryl methyl sites for hydroxylation is 1. The van der Waals surface area contributed by atoms with Crippen LogP contribution < -0.4 is 0 Å². The van der Waals surface area contributed by atoms with Gasteiger partial charge in [0.15, 0.2) is 9.84 Å². The summed E-state index contributed by atoms with van der Waals surface area (Å²) in [4.78, 5) is 34.0. The summed E-state index contributed by atoms with van der Waals surface area (Å²) in [6, 6.07) is 25.3. The van der Waals surface area contributed by atoms with Crippen molar-refractivity contribution < 1.29 is 18.0 Å². The average molecular weight is 600 g/mol. The molecule has 3 saturated heterocycles. The molecule has 8 heteroatoms. The number of amides is 2. The number of carbonyl (C=O) groups excluding carboxylic acids is 2. The fraction of sp³-hybridized carbons (Fsp3) is 0.429. The molecule has 3 aliphatic heterocycles. The van der Waals surface area contributed by atoms with E-state index < -0.39 is 9.84 Å². The van der Waals surface area contributed by atoms with Gasteiger partial charge in [-0.3, -0.25) is 9.59 Å². The Balaban J connectivity index is 1.09. The van der Waals surface area contributed by atoms with Crippen molar-refractivity contribution in [2.24, 2.45) is 11.3 Å². The molecule has 7 nitrogen and oxygen atoms in total. The van der Waals surface area contributed by atoms with Crippen LogP contribution in [0, 0.1) is 18.3 Å². The molecule has 0 aromatic heterocycles.